The number of carbonyl (C=O) groups excluding carboxylic acids is 2. The number of phenolic OH excluding ortho intramolecular Hbond substituents is 1. The number of rotatable bonds is 5. The lowest BCUT2D eigenvalue weighted by Gasteiger charge is -2.08. The van der Waals surface area contributed by atoms with Gasteiger partial charge in [-0.1, -0.05) is 13.3 Å². The van der Waals surface area contributed by atoms with Crippen molar-refractivity contribution in [2.24, 2.45) is 0 Å². The zero-order chi connectivity index (χ0) is 13.5. The molecule has 1 rings (SSSR count). The Kier molecular flexibility index (Phi) is 5.17. The highest BCUT2D eigenvalue weighted by molar-refractivity contribution is 5.96. The molecule has 1 aromatic rings. The average molecular weight is 251 g/mol. The van der Waals surface area contributed by atoms with Gasteiger partial charge in [0.05, 0.1) is 7.11 Å². The number of nitrogens with one attached hydrogen (secondary N) is 1. The maximum Gasteiger partial charge on any atom is 0.341 e. The summed E-state index contributed by atoms with van der Waals surface area (Å²) in [5.41, 5.74) is 0.500. The van der Waals surface area contributed by atoms with E-state index in [1.165, 1.54) is 25.3 Å². The molecule has 0 saturated carbocycles. The van der Waals surface area contributed by atoms with Crippen LogP contribution in [0, 0.1) is 0 Å². The van der Waals surface area contributed by atoms with Gasteiger partial charge in [0.1, 0.15) is 11.3 Å². The predicted octanol–water partition coefficient (Wildman–Crippen LogP) is 2.31. The summed E-state index contributed by atoms with van der Waals surface area (Å²) in [6, 6.07) is 4.28. The molecule has 0 atom stereocenters. The fourth-order valence-corrected chi connectivity index (χ4v) is 1.45. The molecule has 0 aliphatic carbocycles. The summed E-state index contributed by atoms with van der Waals surface area (Å²) in [6.45, 7) is 2.00. The fourth-order valence-electron chi connectivity index (χ4n) is 1.45. The van der Waals surface area contributed by atoms with Gasteiger partial charge in [-0.3, -0.25) is 4.79 Å². The van der Waals surface area contributed by atoms with Gasteiger partial charge in [0.15, 0.2) is 0 Å². The second-order valence-electron chi connectivity index (χ2n) is 3.88. The Morgan fingerprint density at radius 3 is 2.72 bits per heavy atom. The lowest BCUT2D eigenvalue weighted by Crippen LogP contribution is -2.11. The van der Waals surface area contributed by atoms with Gasteiger partial charge in [0, 0.05) is 12.1 Å². The van der Waals surface area contributed by atoms with Crippen LogP contribution >= 0.6 is 0 Å². The first-order valence-corrected chi connectivity index (χ1v) is 5.79. The molecule has 2 N–H and O–H groups in total. The molecule has 0 saturated heterocycles. The van der Waals surface area contributed by atoms with Crippen molar-refractivity contribution in [1.82, 2.24) is 0 Å². The van der Waals surface area contributed by atoms with Gasteiger partial charge in [-0.2, -0.15) is 0 Å². The van der Waals surface area contributed by atoms with Gasteiger partial charge in [-0.15, -0.1) is 0 Å². The van der Waals surface area contributed by atoms with Crippen molar-refractivity contribution < 1.29 is 19.4 Å². The van der Waals surface area contributed by atoms with E-state index in [9.17, 15) is 14.7 Å². The van der Waals surface area contributed by atoms with Gasteiger partial charge >= 0.3 is 5.97 Å². The van der Waals surface area contributed by atoms with Crippen LogP contribution in [0.3, 0.4) is 0 Å². The van der Waals surface area contributed by atoms with Crippen molar-refractivity contribution in [2.45, 2.75) is 26.2 Å². The predicted molar refractivity (Wildman–Crippen MR) is 67.6 cm³/mol. The smallest absolute Gasteiger partial charge is 0.341 e. The lowest BCUT2D eigenvalue weighted by molar-refractivity contribution is -0.116. The van der Waals surface area contributed by atoms with Crippen LogP contribution in [-0.2, 0) is 9.53 Å². The molecule has 1 aromatic carbocycles. The van der Waals surface area contributed by atoms with Gasteiger partial charge < -0.3 is 15.2 Å². The van der Waals surface area contributed by atoms with Gasteiger partial charge in [-0.05, 0) is 24.6 Å². The topological polar surface area (TPSA) is 75.6 Å². The number of esters is 1. The van der Waals surface area contributed by atoms with Crippen LogP contribution in [0.4, 0.5) is 5.69 Å². The molecule has 0 bridgehead atoms. The summed E-state index contributed by atoms with van der Waals surface area (Å²) in [5, 5.41) is 12.2. The average Bonchev–Trinajstić information content (AvgIpc) is 2.37. The number of hydrogen-bond acceptors (Lipinski definition) is 4. The number of carbonyl (C=O) groups is 2. The maximum atomic E-state index is 11.5. The standard InChI is InChI=1S/C13H17NO4/c1-3-4-5-12(16)14-9-6-7-11(15)10(8-9)13(17)18-2/h6-8,15H,3-5H2,1-2H3,(H,14,16). The van der Waals surface area contributed by atoms with E-state index in [-0.39, 0.29) is 17.2 Å². The summed E-state index contributed by atoms with van der Waals surface area (Å²) in [7, 11) is 1.23. The summed E-state index contributed by atoms with van der Waals surface area (Å²) in [5.74, 6) is -0.927. The van der Waals surface area contributed by atoms with Crippen molar-refractivity contribution >= 4 is 17.6 Å². The molecule has 0 unspecified atom stereocenters. The summed E-state index contributed by atoms with van der Waals surface area (Å²) >= 11 is 0. The zero-order valence-electron chi connectivity index (χ0n) is 10.5. The first-order valence-electron chi connectivity index (χ1n) is 5.79. The Balaban J connectivity index is 2.79. The van der Waals surface area contributed by atoms with E-state index in [2.05, 4.69) is 10.1 Å². The zero-order valence-corrected chi connectivity index (χ0v) is 10.5. The van der Waals surface area contributed by atoms with E-state index in [4.69, 9.17) is 0 Å². The number of methoxy groups -OCH3 is 1. The van der Waals surface area contributed by atoms with Crippen molar-refractivity contribution in [1.29, 1.82) is 0 Å². The number of aromatic hydroxyl groups is 1. The van der Waals surface area contributed by atoms with Crippen molar-refractivity contribution in [2.75, 3.05) is 12.4 Å². The van der Waals surface area contributed by atoms with Crippen LogP contribution in [0.1, 0.15) is 36.5 Å². The molecule has 18 heavy (non-hydrogen) atoms. The fraction of sp³-hybridized carbons (Fsp3) is 0.385. The van der Waals surface area contributed by atoms with Crippen LogP contribution in [-0.4, -0.2) is 24.1 Å². The van der Waals surface area contributed by atoms with Gasteiger partial charge in [0.25, 0.3) is 0 Å². The monoisotopic (exact) mass is 251 g/mol. The van der Waals surface area contributed by atoms with Crippen molar-refractivity contribution in [3.05, 3.63) is 23.8 Å². The Morgan fingerprint density at radius 1 is 1.39 bits per heavy atom. The minimum atomic E-state index is -0.642. The molecule has 0 heterocycles. The van der Waals surface area contributed by atoms with E-state index in [0.29, 0.717) is 12.1 Å². The molecule has 98 valence electrons. The van der Waals surface area contributed by atoms with Crippen LogP contribution in [0.5, 0.6) is 5.75 Å². The van der Waals surface area contributed by atoms with Crippen LogP contribution < -0.4 is 5.32 Å². The molecule has 0 aliphatic rings. The number of phenols is 1. The normalized spacial score (nSPS) is 9.89. The Labute approximate surface area is 106 Å². The largest absolute Gasteiger partial charge is 0.507 e. The number of benzene rings is 1. The molecular formula is C13H17NO4. The van der Waals surface area contributed by atoms with E-state index < -0.39 is 5.97 Å². The molecule has 0 aliphatic heterocycles. The van der Waals surface area contributed by atoms with Crippen LogP contribution in [0.15, 0.2) is 18.2 Å². The summed E-state index contributed by atoms with van der Waals surface area (Å²) in [4.78, 5) is 22.9. The molecule has 0 radical (unpaired) electrons. The van der Waals surface area contributed by atoms with E-state index in [0.717, 1.165) is 12.8 Å². The van der Waals surface area contributed by atoms with Gasteiger partial charge in [-0.25, -0.2) is 4.79 Å². The van der Waals surface area contributed by atoms with Crippen LogP contribution in [0.2, 0.25) is 0 Å². The van der Waals surface area contributed by atoms with E-state index in [1.54, 1.807) is 0 Å². The molecule has 5 nitrogen and oxygen atoms in total. The summed E-state index contributed by atoms with van der Waals surface area (Å²) in [6.07, 6.45) is 2.19. The second-order valence-corrected chi connectivity index (χ2v) is 3.88. The first-order chi connectivity index (χ1) is 8.58. The molecule has 0 spiro atoms. The van der Waals surface area contributed by atoms with Gasteiger partial charge in [0.2, 0.25) is 5.91 Å². The quantitative estimate of drug-likeness (QED) is 0.622. The van der Waals surface area contributed by atoms with Crippen LogP contribution in [0.25, 0.3) is 0 Å². The van der Waals surface area contributed by atoms with E-state index >= 15 is 0 Å². The number of unbranched alkanes of at least 4 members (excludes halogenated alkanes) is 1. The third-order valence-electron chi connectivity index (χ3n) is 2.44. The highest BCUT2D eigenvalue weighted by atomic mass is 16.5. The molecule has 0 fully saturated rings. The van der Waals surface area contributed by atoms with Crippen molar-refractivity contribution in [3.8, 4) is 5.75 Å². The molecule has 5 heteroatoms. The minimum absolute atomic E-state index is 0.0331. The molecule has 1 amide bonds. The Bertz CT molecular complexity index is 443. The Hall–Kier alpha value is -2.04. The Morgan fingerprint density at radius 2 is 2.11 bits per heavy atom. The second kappa shape index (κ2) is 6.64. The number of anilines is 1. The summed E-state index contributed by atoms with van der Waals surface area (Å²) < 4.78 is 4.53. The van der Waals surface area contributed by atoms with E-state index in [1.807, 2.05) is 6.92 Å². The highest BCUT2D eigenvalue weighted by Gasteiger charge is 2.12. The first kappa shape index (κ1) is 14.0. The molecular weight excluding hydrogens is 234 g/mol. The lowest BCUT2D eigenvalue weighted by atomic mass is 10.1. The van der Waals surface area contributed by atoms with Crippen molar-refractivity contribution in [3.63, 3.8) is 0 Å². The highest BCUT2D eigenvalue weighted by Crippen LogP contribution is 2.22. The third-order valence-corrected chi connectivity index (χ3v) is 2.44. The third kappa shape index (κ3) is 3.76. The number of amides is 1. The number of hydrogen-bond donors (Lipinski definition) is 2. The minimum Gasteiger partial charge on any atom is -0.507 e. The maximum absolute atomic E-state index is 11.5. The molecule has 0 aromatic heterocycles. The SMILES string of the molecule is CCCCC(=O)Nc1ccc(O)c(C(=O)OC)c1. The number of ether oxygens (including phenoxy) is 1.